The van der Waals surface area contributed by atoms with Gasteiger partial charge in [0.15, 0.2) is 0 Å². The Kier molecular flexibility index (Phi) is 4.40. The summed E-state index contributed by atoms with van der Waals surface area (Å²) < 4.78 is 5.23. The van der Waals surface area contributed by atoms with Crippen molar-refractivity contribution in [2.75, 3.05) is 6.61 Å². The molecule has 0 fully saturated rings. The fourth-order valence-corrected chi connectivity index (χ4v) is 3.24. The fourth-order valence-electron chi connectivity index (χ4n) is 3.24. The highest BCUT2D eigenvalue weighted by Crippen LogP contribution is 2.36. The minimum Gasteiger partial charge on any atom is -0.462 e. The number of esters is 1. The van der Waals surface area contributed by atoms with Crippen molar-refractivity contribution in [3.8, 4) is 0 Å². The minimum atomic E-state index is -0.247. The molecule has 21 heavy (non-hydrogen) atoms. The van der Waals surface area contributed by atoms with Crippen LogP contribution >= 0.6 is 0 Å². The summed E-state index contributed by atoms with van der Waals surface area (Å²) in [5.74, 6) is 0.864. The molecule has 3 nitrogen and oxygen atoms in total. The molecule has 1 aromatic rings. The van der Waals surface area contributed by atoms with Crippen molar-refractivity contribution in [3.05, 3.63) is 28.6 Å². The van der Waals surface area contributed by atoms with Crippen LogP contribution in [0.4, 0.5) is 0 Å². The number of nitrogens with zero attached hydrogens (tertiary/aromatic N) is 1. The SMILES string of the molecule is CCOC(=O)c1cc2c(nc1C(C)(C)C)CC(C)CC2C. The molecule has 1 aliphatic carbocycles. The molecule has 0 aromatic carbocycles. The first-order valence-corrected chi connectivity index (χ1v) is 7.95. The lowest BCUT2D eigenvalue weighted by atomic mass is 9.78. The van der Waals surface area contributed by atoms with Crippen LogP contribution in [-0.4, -0.2) is 17.6 Å². The van der Waals surface area contributed by atoms with Gasteiger partial charge in [0.2, 0.25) is 0 Å². The number of fused-ring (bicyclic) bond motifs is 1. The van der Waals surface area contributed by atoms with E-state index in [4.69, 9.17) is 9.72 Å². The van der Waals surface area contributed by atoms with Crippen molar-refractivity contribution in [1.82, 2.24) is 4.98 Å². The van der Waals surface area contributed by atoms with Crippen LogP contribution in [0.2, 0.25) is 0 Å². The Morgan fingerprint density at radius 1 is 1.38 bits per heavy atom. The molecule has 1 aliphatic rings. The van der Waals surface area contributed by atoms with E-state index >= 15 is 0 Å². The number of pyridine rings is 1. The molecule has 116 valence electrons. The average molecular weight is 289 g/mol. The van der Waals surface area contributed by atoms with Crippen molar-refractivity contribution in [3.63, 3.8) is 0 Å². The van der Waals surface area contributed by atoms with Gasteiger partial charge in [0.25, 0.3) is 0 Å². The van der Waals surface area contributed by atoms with Crippen LogP contribution in [0.15, 0.2) is 6.07 Å². The van der Waals surface area contributed by atoms with Gasteiger partial charge in [-0.15, -0.1) is 0 Å². The van der Waals surface area contributed by atoms with E-state index in [0.717, 1.165) is 18.5 Å². The van der Waals surface area contributed by atoms with Crippen molar-refractivity contribution >= 4 is 5.97 Å². The molecule has 0 bridgehead atoms. The minimum absolute atomic E-state index is 0.166. The van der Waals surface area contributed by atoms with Gasteiger partial charge in [0.1, 0.15) is 0 Å². The Balaban J connectivity index is 2.58. The molecule has 0 saturated carbocycles. The van der Waals surface area contributed by atoms with Crippen molar-refractivity contribution < 1.29 is 9.53 Å². The number of carbonyl (C=O) groups is 1. The molecule has 1 heterocycles. The molecule has 0 spiro atoms. The Morgan fingerprint density at radius 2 is 2.05 bits per heavy atom. The van der Waals surface area contributed by atoms with E-state index in [9.17, 15) is 4.79 Å². The zero-order valence-corrected chi connectivity index (χ0v) is 14.1. The lowest BCUT2D eigenvalue weighted by molar-refractivity contribution is 0.0522. The van der Waals surface area contributed by atoms with Gasteiger partial charge in [-0.3, -0.25) is 4.98 Å². The first-order valence-electron chi connectivity index (χ1n) is 7.95. The molecular weight excluding hydrogens is 262 g/mol. The van der Waals surface area contributed by atoms with Crippen LogP contribution in [0.3, 0.4) is 0 Å². The van der Waals surface area contributed by atoms with E-state index in [0.29, 0.717) is 24.0 Å². The first-order chi connectivity index (χ1) is 9.74. The summed E-state index contributed by atoms with van der Waals surface area (Å²) in [5, 5.41) is 0. The van der Waals surface area contributed by atoms with Gasteiger partial charge in [0, 0.05) is 11.1 Å². The lowest BCUT2D eigenvalue weighted by Gasteiger charge is -2.30. The first kappa shape index (κ1) is 16.0. The van der Waals surface area contributed by atoms with E-state index in [1.165, 1.54) is 11.3 Å². The van der Waals surface area contributed by atoms with Crippen molar-refractivity contribution in [1.29, 1.82) is 0 Å². The molecule has 0 saturated heterocycles. The van der Waals surface area contributed by atoms with Gasteiger partial charge in [-0.25, -0.2) is 4.79 Å². The quantitative estimate of drug-likeness (QED) is 0.764. The predicted octanol–water partition coefficient (Wildman–Crippen LogP) is 4.24. The third kappa shape index (κ3) is 3.28. The molecule has 0 N–H and O–H groups in total. The molecule has 3 heteroatoms. The summed E-state index contributed by atoms with van der Waals surface area (Å²) in [6.07, 6.45) is 2.16. The van der Waals surface area contributed by atoms with E-state index in [2.05, 4.69) is 34.6 Å². The van der Waals surface area contributed by atoms with Gasteiger partial charge in [-0.1, -0.05) is 34.6 Å². The average Bonchev–Trinajstić information content (AvgIpc) is 2.36. The monoisotopic (exact) mass is 289 g/mol. The van der Waals surface area contributed by atoms with Crippen molar-refractivity contribution in [2.45, 2.75) is 65.7 Å². The number of ether oxygens (including phenoxy) is 1. The predicted molar refractivity (Wildman–Crippen MR) is 84.8 cm³/mol. The number of carbonyl (C=O) groups excluding carboxylic acids is 1. The zero-order valence-electron chi connectivity index (χ0n) is 14.1. The topological polar surface area (TPSA) is 39.2 Å². The highest BCUT2D eigenvalue weighted by molar-refractivity contribution is 5.91. The van der Waals surface area contributed by atoms with Gasteiger partial charge in [-0.05, 0) is 43.2 Å². The van der Waals surface area contributed by atoms with Gasteiger partial charge < -0.3 is 4.74 Å². The number of rotatable bonds is 2. The van der Waals surface area contributed by atoms with E-state index < -0.39 is 0 Å². The van der Waals surface area contributed by atoms with E-state index in [1.54, 1.807) is 0 Å². The summed E-state index contributed by atoms with van der Waals surface area (Å²) in [7, 11) is 0. The fraction of sp³-hybridized carbons (Fsp3) is 0.667. The summed E-state index contributed by atoms with van der Waals surface area (Å²) in [5.41, 5.74) is 3.73. The van der Waals surface area contributed by atoms with Crippen LogP contribution in [0.1, 0.15) is 81.2 Å². The molecule has 2 rings (SSSR count). The van der Waals surface area contributed by atoms with E-state index in [-0.39, 0.29) is 11.4 Å². The maximum absolute atomic E-state index is 12.3. The second-order valence-electron chi connectivity index (χ2n) is 7.34. The highest BCUT2D eigenvalue weighted by Gasteiger charge is 2.30. The molecular formula is C18H27NO2. The molecule has 0 aliphatic heterocycles. The zero-order chi connectivity index (χ0) is 15.8. The van der Waals surface area contributed by atoms with Crippen LogP contribution in [-0.2, 0) is 16.6 Å². The Morgan fingerprint density at radius 3 is 2.62 bits per heavy atom. The smallest absolute Gasteiger partial charge is 0.340 e. The van der Waals surface area contributed by atoms with Crippen LogP contribution in [0.25, 0.3) is 0 Å². The third-order valence-corrected chi connectivity index (χ3v) is 4.17. The van der Waals surface area contributed by atoms with Gasteiger partial charge in [-0.2, -0.15) is 0 Å². The maximum atomic E-state index is 12.3. The van der Waals surface area contributed by atoms with Crippen LogP contribution < -0.4 is 0 Å². The maximum Gasteiger partial charge on any atom is 0.340 e. The lowest BCUT2D eigenvalue weighted by Crippen LogP contribution is -2.25. The molecule has 0 radical (unpaired) electrons. The largest absolute Gasteiger partial charge is 0.462 e. The Hall–Kier alpha value is -1.38. The van der Waals surface area contributed by atoms with Crippen LogP contribution in [0, 0.1) is 5.92 Å². The highest BCUT2D eigenvalue weighted by atomic mass is 16.5. The van der Waals surface area contributed by atoms with Crippen LogP contribution in [0.5, 0.6) is 0 Å². The summed E-state index contributed by atoms with van der Waals surface area (Å²) in [6, 6.07) is 2.04. The molecule has 0 amide bonds. The second kappa shape index (κ2) is 5.78. The van der Waals surface area contributed by atoms with Gasteiger partial charge >= 0.3 is 5.97 Å². The summed E-state index contributed by atoms with van der Waals surface area (Å²) in [4.78, 5) is 17.2. The molecule has 2 unspecified atom stereocenters. The number of aromatic nitrogens is 1. The Bertz CT molecular complexity index is 543. The number of hydrogen-bond donors (Lipinski definition) is 0. The third-order valence-electron chi connectivity index (χ3n) is 4.17. The summed E-state index contributed by atoms with van der Waals surface area (Å²) in [6.45, 7) is 13.0. The molecule has 1 aromatic heterocycles. The second-order valence-corrected chi connectivity index (χ2v) is 7.34. The number of hydrogen-bond acceptors (Lipinski definition) is 3. The van der Waals surface area contributed by atoms with E-state index in [1.807, 2.05) is 13.0 Å². The van der Waals surface area contributed by atoms with Gasteiger partial charge in [0.05, 0.1) is 17.9 Å². The summed E-state index contributed by atoms with van der Waals surface area (Å²) >= 11 is 0. The van der Waals surface area contributed by atoms with Crippen molar-refractivity contribution in [2.24, 2.45) is 5.92 Å². The Labute approximate surface area is 128 Å². The molecule has 2 atom stereocenters. The normalized spacial score (nSPS) is 21.8. The standard InChI is InChI=1S/C18H27NO2/c1-7-21-17(20)14-10-13-12(3)8-11(2)9-15(13)19-16(14)18(4,5)6/h10-12H,7-9H2,1-6H3.